The van der Waals surface area contributed by atoms with Gasteiger partial charge in [-0.25, -0.2) is 4.57 Å². The summed E-state index contributed by atoms with van der Waals surface area (Å²) in [6.45, 7) is 7.33. The molecule has 0 amide bonds. The molecule has 20 heavy (non-hydrogen) atoms. The largest absolute Gasteiger partial charge is 0.418 e. The third-order valence-corrected chi connectivity index (χ3v) is 3.44. The fraction of sp³-hybridized carbons (Fsp3) is 0. The van der Waals surface area contributed by atoms with E-state index in [2.05, 4.69) is 13.2 Å². The van der Waals surface area contributed by atoms with Gasteiger partial charge < -0.3 is 9.05 Å². The van der Waals surface area contributed by atoms with Gasteiger partial charge in [0.05, 0.1) is 0 Å². The Hall–Kier alpha value is -2.25. The minimum atomic E-state index is -2.63. The van der Waals surface area contributed by atoms with Gasteiger partial charge in [-0.2, -0.15) is 0 Å². The lowest BCUT2D eigenvalue weighted by molar-refractivity contribution is 0.415. The van der Waals surface area contributed by atoms with Crippen molar-refractivity contribution in [3.8, 4) is 11.5 Å². The molecular weight excluding hydrogens is 271 g/mol. The van der Waals surface area contributed by atoms with Crippen molar-refractivity contribution in [3.63, 3.8) is 0 Å². The first-order valence-electron chi connectivity index (χ1n) is 6.06. The highest BCUT2D eigenvalue weighted by molar-refractivity contribution is 7.34. The molecule has 2 rings (SSSR count). The van der Waals surface area contributed by atoms with E-state index in [1.165, 1.54) is 0 Å². The molecule has 0 bridgehead atoms. The molecule has 3 nitrogen and oxygen atoms in total. The molecule has 0 aliphatic heterocycles. The summed E-state index contributed by atoms with van der Waals surface area (Å²) in [5.41, 5.74) is 1.94. The first kappa shape index (κ1) is 14.2. The summed E-state index contributed by atoms with van der Waals surface area (Å²) < 4.78 is 22.3. The standard InChI is InChI=1S/C16H15O3P/c1-3-13-5-9-15(10-6-13)18-20(17)19-16-11-7-14(4-2)8-12-16/h3-12,20H,1-2H2. The summed E-state index contributed by atoms with van der Waals surface area (Å²) in [6.07, 6.45) is 3.45. The lowest BCUT2D eigenvalue weighted by atomic mass is 10.2. The zero-order valence-corrected chi connectivity index (χ0v) is 11.9. The van der Waals surface area contributed by atoms with Crippen LogP contribution in [0.1, 0.15) is 11.1 Å². The second kappa shape index (κ2) is 6.78. The molecule has 2 aromatic carbocycles. The maximum absolute atomic E-state index is 11.8. The van der Waals surface area contributed by atoms with E-state index in [0.717, 1.165) is 11.1 Å². The highest BCUT2D eigenvalue weighted by Gasteiger charge is 2.04. The van der Waals surface area contributed by atoms with Crippen molar-refractivity contribution in [2.75, 3.05) is 0 Å². The Kier molecular flexibility index (Phi) is 4.80. The molecule has 0 atom stereocenters. The van der Waals surface area contributed by atoms with Crippen LogP contribution in [-0.2, 0) is 4.57 Å². The molecule has 0 aliphatic rings. The van der Waals surface area contributed by atoms with Crippen LogP contribution in [0.4, 0.5) is 0 Å². The van der Waals surface area contributed by atoms with Crippen LogP contribution in [0.2, 0.25) is 0 Å². The summed E-state index contributed by atoms with van der Waals surface area (Å²) in [5.74, 6) is 1.00. The Morgan fingerprint density at radius 2 is 1.10 bits per heavy atom. The van der Waals surface area contributed by atoms with E-state index in [4.69, 9.17) is 9.05 Å². The highest BCUT2D eigenvalue weighted by atomic mass is 31.1. The molecule has 0 saturated carbocycles. The van der Waals surface area contributed by atoms with Gasteiger partial charge in [-0.05, 0) is 35.4 Å². The van der Waals surface area contributed by atoms with E-state index in [-0.39, 0.29) is 0 Å². The van der Waals surface area contributed by atoms with Gasteiger partial charge in [0.2, 0.25) is 0 Å². The molecular formula is C16H15O3P. The second-order valence-corrected chi connectivity index (χ2v) is 4.91. The average molecular weight is 286 g/mol. The molecule has 102 valence electrons. The average Bonchev–Trinajstić information content (AvgIpc) is 2.49. The van der Waals surface area contributed by atoms with Crippen LogP contribution < -0.4 is 9.05 Å². The van der Waals surface area contributed by atoms with Crippen LogP contribution >= 0.6 is 8.25 Å². The van der Waals surface area contributed by atoms with Crippen LogP contribution in [-0.4, -0.2) is 0 Å². The van der Waals surface area contributed by atoms with E-state index >= 15 is 0 Å². The first-order valence-corrected chi connectivity index (χ1v) is 7.28. The lowest BCUT2D eigenvalue weighted by Crippen LogP contribution is -1.89. The van der Waals surface area contributed by atoms with E-state index in [1.54, 1.807) is 36.4 Å². The molecule has 4 heteroatoms. The summed E-state index contributed by atoms with van der Waals surface area (Å²) in [6, 6.07) is 14.2. The van der Waals surface area contributed by atoms with Crippen molar-refractivity contribution < 1.29 is 13.6 Å². The predicted molar refractivity (Wildman–Crippen MR) is 83.3 cm³/mol. The van der Waals surface area contributed by atoms with Gasteiger partial charge in [0.25, 0.3) is 0 Å². The van der Waals surface area contributed by atoms with E-state index < -0.39 is 8.25 Å². The Morgan fingerprint density at radius 1 is 0.750 bits per heavy atom. The number of hydrogen-bond acceptors (Lipinski definition) is 3. The smallest absolute Gasteiger partial charge is 0.418 e. The predicted octanol–water partition coefficient (Wildman–Crippen LogP) is 4.82. The number of benzene rings is 2. The topological polar surface area (TPSA) is 35.5 Å². The van der Waals surface area contributed by atoms with Crippen LogP contribution in [0.5, 0.6) is 11.5 Å². The zero-order valence-electron chi connectivity index (χ0n) is 10.9. The Bertz CT molecular complexity index is 560. The van der Waals surface area contributed by atoms with Gasteiger partial charge in [0, 0.05) is 0 Å². The van der Waals surface area contributed by atoms with Gasteiger partial charge in [-0.1, -0.05) is 49.6 Å². The maximum Gasteiger partial charge on any atom is 0.418 e. The molecule has 0 aromatic heterocycles. The monoisotopic (exact) mass is 286 g/mol. The summed E-state index contributed by atoms with van der Waals surface area (Å²) in [4.78, 5) is 0. The SMILES string of the molecule is C=Cc1ccc(O[PH](=O)Oc2ccc(C=C)cc2)cc1. The fourth-order valence-corrected chi connectivity index (χ4v) is 2.26. The quantitative estimate of drug-likeness (QED) is 0.714. The summed E-state index contributed by atoms with van der Waals surface area (Å²) in [5, 5.41) is 0. The lowest BCUT2D eigenvalue weighted by Gasteiger charge is -2.08. The van der Waals surface area contributed by atoms with Crippen molar-refractivity contribution in [1.82, 2.24) is 0 Å². The van der Waals surface area contributed by atoms with Crippen LogP contribution in [0.3, 0.4) is 0 Å². The number of rotatable bonds is 6. The molecule has 0 saturated heterocycles. The highest BCUT2D eigenvalue weighted by Crippen LogP contribution is 2.30. The molecule has 0 fully saturated rings. The molecule has 0 aliphatic carbocycles. The van der Waals surface area contributed by atoms with Crippen molar-refractivity contribution in [3.05, 3.63) is 72.8 Å². The number of hydrogen-bond donors (Lipinski definition) is 0. The fourth-order valence-electron chi connectivity index (χ4n) is 1.56. The minimum Gasteiger partial charge on any atom is -0.418 e. The van der Waals surface area contributed by atoms with E-state index in [0.29, 0.717) is 11.5 Å². The van der Waals surface area contributed by atoms with Crippen LogP contribution in [0.15, 0.2) is 61.7 Å². The van der Waals surface area contributed by atoms with E-state index in [9.17, 15) is 4.57 Å². The second-order valence-electron chi connectivity index (χ2n) is 4.00. The maximum atomic E-state index is 11.8. The molecule has 0 spiro atoms. The molecule has 2 aromatic rings. The third-order valence-electron chi connectivity index (χ3n) is 2.63. The Morgan fingerprint density at radius 3 is 1.40 bits per heavy atom. The van der Waals surface area contributed by atoms with Gasteiger partial charge in [0.1, 0.15) is 11.5 Å². The van der Waals surface area contributed by atoms with Gasteiger partial charge in [0.15, 0.2) is 0 Å². The zero-order chi connectivity index (χ0) is 14.4. The van der Waals surface area contributed by atoms with E-state index in [1.807, 2.05) is 24.3 Å². The van der Waals surface area contributed by atoms with Crippen molar-refractivity contribution in [2.45, 2.75) is 0 Å². The Balaban J connectivity index is 1.96. The first-order chi connectivity index (χ1) is 9.71. The van der Waals surface area contributed by atoms with Gasteiger partial charge in [-0.3, -0.25) is 0 Å². The Labute approximate surface area is 119 Å². The summed E-state index contributed by atoms with van der Waals surface area (Å²) in [7, 11) is -2.63. The molecule has 0 radical (unpaired) electrons. The van der Waals surface area contributed by atoms with Gasteiger partial charge >= 0.3 is 8.25 Å². The summed E-state index contributed by atoms with van der Waals surface area (Å²) >= 11 is 0. The van der Waals surface area contributed by atoms with Crippen LogP contribution in [0.25, 0.3) is 12.2 Å². The molecule has 0 N–H and O–H groups in total. The normalized spacial score (nSPS) is 10.1. The minimum absolute atomic E-state index is 0.502. The molecule has 0 heterocycles. The van der Waals surface area contributed by atoms with Crippen molar-refractivity contribution in [1.29, 1.82) is 0 Å². The van der Waals surface area contributed by atoms with Crippen molar-refractivity contribution >= 4 is 20.4 Å². The van der Waals surface area contributed by atoms with Gasteiger partial charge in [-0.15, -0.1) is 0 Å². The molecule has 0 unspecified atom stereocenters. The van der Waals surface area contributed by atoms with Crippen molar-refractivity contribution in [2.24, 2.45) is 0 Å². The van der Waals surface area contributed by atoms with Crippen LogP contribution in [0, 0.1) is 0 Å². The third kappa shape index (κ3) is 3.87.